The van der Waals surface area contributed by atoms with Crippen LogP contribution in [-0.4, -0.2) is 25.1 Å². The molecule has 0 bridgehead atoms. The van der Waals surface area contributed by atoms with Gasteiger partial charge in [-0.3, -0.25) is 10.3 Å². The number of hydrogen-bond acceptors (Lipinski definition) is 3. The van der Waals surface area contributed by atoms with Crippen molar-refractivity contribution in [3.8, 4) is 0 Å². The molecule has 114 valence electrons. The fourth-order valence-electron chi connectivity index (χ4n) is 2.43. The molecule has 0 saturated heterocycles. The Bertz CT molecular complexity index is 503. The second kappa shape index (κ2) is 7.67. The molecule has 0 radical (unpaired) electrons. The highest BCUT2D eigenvalue weighted by Gasteiger charge is 2.12. The summed E-state index contributed by atoms with van der Waals surface area (Å²) in [5.41, 5.74) is 3.23. The van der Waals surface area contributed by atoms with Gasteiger partial charge in [0, 0.05) is 18.8 Å². The fourth-order valence-corrected chi connectivity index (χ4v) is 2.43. The van der Waals surface area contributed by atoms with E-state index >= 15 is 0 Å². The first kappa shape index (κ1) is 15.4. The van der Waals surface area contributed by atoms with E-state index in [9.17, 15) is 4.79 Å². The largest absolute Gasteiger partial charge is 0.356 e. The average molecular weight is 288 g/mol. The Morgan fingerprint density at radius 2 is 1.90 bits per heavy atom. The van der Waals surface area contributed by atoms with Gasteiger partial charge < -0.3 is 10.6 Å². The minimum Gasteiger partial charge on any atom is -0.356 e. The number of amides is 2. The summed E-state index contributed by atoms with van der Waals surface area (Å²) in [5.74, 6) is 0.567. The SMILES string of the molecule is CCc1cccc(CC)c1NC(=O)NC1=NCCCCN1. The van der Waals surface area contributed by atoms with Crippen LogP contribution in [0.5, 0.6) is 0 Å². The molecule has 0 spiro atoms. The molecule has 0 fully saturated rings. The molecular weight excluding hydrogens is 264 g/mol. The lowest BCUT2D eigenvalue weighted by molar-refractivity contribution is 0.256. The summed E-state index contributed by atoms with van der Waals surface area (Å²) in [5, 5.41) is 8.91. The number of anilines is 1. The molecule has 3 N–H and O–H groups in total. The molecule has 1 aliphatic heterocycles. The van der Waals surface area contributed by atoms with Crippen LogP contribution in [0.15, 0.2) is 23.2 Å². The molecule has 0 atom stereocenters. The minimum atomic E-state index is -0.237. The van der Waals surface area contributed by atoms with Gasteiger partial charge in [0.2, 0.25) is 0 Å². The van der Waals surface area contributed by atoms with E-state index in [1.807, 2.05) is 6.07 Å². The summed E-state index contributed by atoms with van der Waals surface area (Å²) in [6.45, 7) is 5.79. The van der Waals surface area contributed by atoms with E-state index in [1.54, 1.807) is 0 Å². The number of para-hydroxylation sites is 1. The molecule has 2 rings (SSSR count). The van der Waals surface area contributed by atoms with E-state index in [-0.39, 0.29) is 6.03 Å². The van der Waals surface area contributed by atoms with Gasteiger partial charge in [-0.25, -0.2) is 4.79 Å². The Balaban J connectivity index is 2.07. The third-order valence-electron chi connectivity index (χ3n) is 3.62. The first-order valence-corrected chi connectivity index (χ1v) is 7.71. The van der Waals surface area contributed by atoms with Crippen LogP contribution in [0.3, 0.4) is 0 Å². The van der Waals surface area contributed by atoms with Gasteiger partial charge in [-0.2, -0.15) is 0 Å². The van der Waals surface area contributed by atoms with Gasteiger partial charge >= 0.3 is 6.03 Å². The quantitative estimate of drug-likeness (QED) is 0.800. The Morgan fingerprint density at radius 1 is 1.19 bits per heavy atom. The maximum Gasteiger partial charge on any atom is 0.326 e. The van der Waals surface area contributed by atoms with Crippen LogP contribution < -0.4 is 16.0 Å². The standard InChI is InChI=1S/C16H24N4O/c1-3-12-8-7-9-13(4-2)14(12)19-16(21)20-15-17-10-5-6-11-18-15/h7-9H,3-6,10-11H2,1-2H3,(H3,17,18,19,20,21). The molecule has 0 aromatic heterocycles. The van der Waals surface area contributed by atoms with Crippen molar-refractivity contribution in [1.82, 2.24) is 10.6 Å². The number of rotatable bonds is 3. The predicted octanol–water partition coefficient (Wildman–Crippen LogP) is 2.67. The highest BCUT2D eigenvalue weighted by Crippen LogP contribution is 2.22. The zero-order chi connectivity index (χ0) is 15.1. The van der Waals surface area contributed by atoms with Crippen LogP contribution in [0.2, 0.25) is 0 Å². The van der Waals surface area contributed by atoms with Gasteiger partial charge in [-0.15, -0.1) is 0 Å². The molecule has 5 nitrogen and oxygen atoms in total. The van der Waals surface area contributed by atoms with Crippen LogP contribution >= 0.6 is 0 Å². The monoisotopic (exact) mass is 288 g/mol. The van der Waals surface area contributed by atoms with Crippen molar-refractivity contribution in [2.24, 2.45) is 4.99 Å². The normalized spacial score (nSPS) is 14.7. The lowest BCUT2D eigenvalue weighted by Gasteiger charge is -2.15. The third-order valence-corrected chi connectivity index (χ3v) is 3.62. The highest BCUT2D eigenvalue weighted by atomic mass is 16.2. The van der Waals surface area contributed by atoms with Crippen molar-refractivity contribution >= 4 is 17.7 Å². The first-order valence-electron chi connectivity index (χ1n) is 7.71. The maximum absolute atomic E-state index is 12.2. The number of carbonyl (C=O) groups is 1. The third kappa shape index (κ3) is 4.21. The maximum atomic E-state index is 12.2. The number of aryl methyl sites for hydroxylation is 2. The Hall–Kier alpha value is -2.04. The van der Waals surface area contributed by atoms with Gasteiger partial charge in [0.1, 0.15) is 0 Å². The molecule has 0 unspecified atom stereocenters. The van der Waals surface area contributed by atoms with E-state index in [1.165, 1.54) is 0 Å². The molecule has 2 amide bonds. The Morgan fingerprint density at radius 3 is 2.57 bits per heavy atom. The van der Waals surface area contributed by atoms with E-state index < -0.39 is 0 Å². The van der Waals surface area contributed by atoms with Crippen LogP contribution in [0, 0.1) is 0 Å². The number of guanidine groups is 1. The lowest BCUT2D eigenvalue weighted by atomic mass is 10.0. The van der Waals surface area contributed by atoms with E-state index in [0.29, 0.717) is 5.96 Å². The van der Waals surface area contributed by atoms with Crippen molar-refractivity contribution in [3.05, 3.63) is 29.3 Å². The van der Waals surface area contributed by atoms with E-state index in [4.69, 9.17) is 0 Å². The van der Waals surface area contributed by atoms with Crippen LogP contribution in [-0.2, 0) is 12.8 Å². The molecule has 0 saturated carbocycles. The van der Waals surface area contributed by atoms with Crippen molar-refractivity contribution in [2.45, 2.75) is 39.5 Å². The summed E-state index contributed by atoms with van der Waals surface area (Å²) in [4.78, 5) is 16.5. The molecule has 1 aromatic rings. The number of aliphatic imine (C=N–C) groups is 1. The second-order valence-corrected chi connectivity index (χ2v) is 5.10. The zero-order valence-corrected chi connectivity index (χ0v) is 12.8. The van der Waals surface area contributed by atoms with Gasteiger partial charge in [0.15, 0.2) is 5.96 Å². The summed E-state index contributed by atoms with van der Waals surface area (Å²) < 4.78 is 0. The Labute approximate surface area is 126 Å². The van der Waals surface area contributed by atoms with Gasteiger partial charge in [0.25, 0.3) is 0 Å². The topological polar surface area (TPSA) is 65.5 Å². The summed E-state index contributed by atoms with van der Waals surface area (Å²) in [6.07, 6.45) is 3.92. The van der Waals surface area contributed by atoms with Gasteiger partial charge in [-0.05, 0) is 36.8 Å². The first-order chi connectivity index (χ1) is 10.2. The summed E-state index contributed by atoms with van der Waals surface area (Å²) in [6, 6.07) is 5.91. The van der Waals surface area contributed by atoms with Gasteiger partial charge in [-0.1, -0.05) is 32.0 Å². The Kier molecular flexibility index (Phi) is 5.60. The highest BCUT2D eigenvalue weighted by molar-refractivity contribution is 6.03. The fraction of sp³-hybridized carbons (Fsp3) is 0.500. The summed E-state index contributed by atoms with van der Waals surface area (Å²) in [7, 11) is 0. The van der Waals surface area contributed by atoms with E-state index in [2.05, 4.69) is 46.9 Å². The smallest absolute Gasteiger partial charge is 0.326 e. The average Bonchev–Trinajstić information content (AvgIpc) is 2.76. The molecular formula is C16H24N4O. The number of urea groups is 1. The minimum absolute atomic E-state index is 0.237. The van der Waals surface area contributed by atoms with Crippen molar-refractivity contribution in [2.75, 3.05) is 18.4 Å². The van der Waals surface area contributed by atoms with E-state index in [0.717, 1.165) is 55.6 Å². The molecule has 5 heteroatoms. The van der Waals surface area contributed by atoms with Crippen LogP contribution in [0.25, 0.3) is 0 Å². The molecule has 1 aliphatic rings. The molecule has 1 aromatic carbocycles. The van der Waals surface area contributed by atoms with Crippen molar-refractivity contribution in [1.29, 1.82) is 0 Å². The zero-order valence-electron chi connectivity index (χ0n) is 12.8. The molecule has 1 heterocycles. The number of hydrogen-bond donors (Lipinski definition) is 3. The predicted molar refractivity (Wildman–Crippen MR) is 86.9 cm³/mol. The van der Waals surface area contributed by atoms with Crippen LogP contribution in [0.1, 0.15) is 37.8 Å². The number of benzene rings is 1. The van der Waals surface area contributed by atoms with Gasteiger partial charge in [0.05, 0.1) is 0 Å². The molecule has 0 aliphatic carbocycles. The molecule has 21 heavy (non-hydrogen) atoms. The lowest BCUT2D eigenvalue weighted by Crippen LogP contribution is -2.43. The number of carbonyl (C=O) groups excluding carboxylic acids is 1. The second-order valence-electron chi connectivity index (χ2n) is 5.10. The summed E-state index contributed by atoms with van der Waals surface area (Å²) >= 11 is 0. The van der Waals surface area contributed by atoms with Crippen LogP contribution in [0.4, 0.5) is 10.5 Å². The number of nitrogens with one attached hydrogen (secondary N) is 3. The van der Waals surface area contributed by atoms with Crippen molar-refractivity contribution < 1.29 is 4.79 Å². The van der Waals surface area contributed by atoms with Crippen molar-refractivity contribution in [3.63, 3.8) is 0 Å². The number of nitrogens with zero attached hydrogens (tertiary/aromatic N) is 1.